The zero-order valence-corrected chi connectivity index (χ0v) is 15.6. The summed E-state index contributed by atoms with van der Waals surface area (Å²) in [6.07, 6.45) is 2.20. The van der Waals surface area contributed by atoms with Gasteiger partial charge in [-0.3, -0.25) is 4.79 Å². The van der Waals surface area contributed by atoms with Crippen molar-refractivity contribution in [2.45, 2.75) is 38.4 Å². The van der Waals surface area contributed by atoms with E-state index in [9.17, 15) is 4.79 Å². The fourth-order valence-corrected chi connectivity index (χ4v) is 3.15. The third kappa shape index (κ3) is 3.66. The molecule has 0 spiro atoms. The minimum absolute atomic E-state index is 0.0334. The van der Waals surface area contributed by atoms with Gasteiger partial charge in [0.05, 0.1) is 12.5 Å². The van der Waals surface area contributed by atoms with Crippen molar-refractivity contribution in [1.29, 1.82) is 0 Å². The van der Waals surface area contributed by atoms with Crippen molar-refractivity contribution in [2.75, 3.05) is 6.26 Å². The third-order valence-corrected chi connectivity index (χ3v) is 4.76. The molecule has 1 unspecified atom stereocenters. The highest BCUT2D eigenvalue weighted by molar-refractivity contribution is 7.98. The van der Waals surface area contributed by atoms with Gasteiger partial charge in [-0.2, -0.15) is 4.98 Å². The lowest BCUT2D eigenvalue weighted by atomic mass is 10.1. The van der Waals surface area contributed by atoms with Crippen molar-refractivity contribution in [1.82, 2.24) is 24.9 Å². The van der Waals surface area contributed by atoms with Gasteiger partial charge in [-0.15, -0.1) is 5.10 Å². The van der Waals surface area contributed by atoms with Crippen molar-refractivity contribution >= 4 is 23.4 Å². The number of hydrogen-bond donors (Lipinski definition) is 1. The Balaban J connectivity index is 1.81. The fourth-order valence-electron chi connectivity index (χ4n) is 2.81. The van der Waals surface area contributed by atoms with Gasteiger partial charge in [-0.05, 0) is 32.6 Å². The molecule has 2 heterocycles. The molecule has 25 heavy (non-hydrogen) atoms. The summed E-state index contributed by atoms with van der Waals surface area (Å²) in [5.74, 6) is 0.537. The van der Waals surface area contributed by atoms with Gasteiger partial charge in [0.15, 0.2) is 0 Å². The predicted molar refractivity (Wildman–Crippen MR) is 98.7 cm³/mol. The molecular weight excluding hydrogens is 334 g/mol. The maximum Gasteiger partial charge on any atom is 0.253 e. The highest BCUT2D eigenvalue weighted by Crippen LogP contribution is 2.18. The van der Waals surface area contributed by atoms with Crippen LogP contribution >= 0.6 is 11.8 Å². The average molecular weight is 355 g/mol. The molecule has 0 saturated carbocycles. The van der Waals surface area contributed by atoms with Crippen LogP contribution in [0.15, 0.2) is 35.5 Å². The number of thioether (sulfide) groups is 1. The molecule has 0 aliphatic carbocycles. The fraction of sp³-hybridized carbons (Fsp3) is 0.333. The summed E-state index contributed by atoms with van der Waals surface area (Å²) in [4.78, 5) is 21.4. The smallest absolute Gasteiger partial charge is 0.253 e. The first-order valence-corrected chi connectivity index (χ1v) is 9.33. The van der Waals surface area contributed by atoms with Crippen molar-refractivity contribution in [3.63, 3.8) is 0 Å². The van der Waals surface area contributed by atoms with Crippen LogP contribution in [-0.2, 0) is 11.2 Å². The minimum atomic E-state index is -0.0412. The van der Waals surface area contributed by atoms with Gasteiger partial charge >= 0.3 is 0 Å². The molecule has 1 atom stereocenters. The maximum atomic E-state index is 12.5. The van der Waals surface area contributed by atoms with Crippen LogP contribution in [0.3, 0.4) is 0 Å². The lowest BCUT2D eigenvalue weighted by molar-refractivity contribution is -0.121. The molecule has 0 radical (unpaired) electrons. The number of nitrogens with zero attached hydrogens (tertiary/aromatic N) is 4. The molecule has 130 valence electrons. The first-order valence-electron chi connectivity index (χ1n) is 8.10. The SMILES string of the molecule is CSc1nc2nc(C)c(CC(=O)NC(C)c3ccccc3)c(C)n2n1. The Morgan fingerprint density at radius 1 is 1.24 bits per heavy atom. The second-order valence-electron chi connectivity index (χ2n) is 5.95. The van der Waals surface area contributed by atoms with Crippen molar-refractivity contribution in [3.8, 4) is 0 Å². The number of fused-ring (bicyclic) bond motifs is 1. The molecule has 0 aliphatic rings. The first kappa shape index (κ1) is 17.4. The Hall–Kier alpha value is -2.41. The molecule has 3 rings (SSSR count). The van der Waals surface area contributed by atoms with Gasteiger partial charge in [-0.1, -0.05) is 42.1 Å². The number of aromatic nitrogens is 4. The number of carbonyl (C=O) groups is 1. The Morgan fingerprint density at radius 2 is 1.96 bits per heavy atom. The standard InChI is InChI=1S/C18H21N5OS/c1-11(14-8-6-5-7-9-14)19-16(24)10-15-12(2)20-17-21-18(25-4)22-23(17)13(15)3/h5-9,11H,10H2,1-4H3,(H,19,24). The van der Waals surface area contributed by atoms with Gasteiger partial charge in [0.2, 0.25) is 11.1 Å². The van der Waals surface area contributed by atoms with E-state index in [1.807, 2.05) is 57.4 Å². The Kier molecular flexibility index (Phi) is 5.03. The van der Waals surface area contributed by atoms with Gasteiger partial charge in [0.25, 0.3) is 5.78 Å². The third-order valence-electron chi connectivity index (χ3n) is 4.23. The summed E-state index contributed by atoms with van der Waals surface area (Å²) in [6.45, 7) is 5.84. The summed E-state index contributed by atoms with van der Waals surface area (Å²) in [7, 11) is 0. The Labute approximate surface area is 151 Å². The van der Waals surface area contributed by atoms with E-state index < -0.39 is 0 Å². The van der Waals surface area contributed by atoms with Crippen molar-refractivity contribution < 1.29 is 4.79 Å². The zero-order chi connectivity index (χ0) is 18.0. The largest absolute Gasteiger partial charge is 0.349 e. The summed E-state index contributed by atoms with van der Waals surface area (Å²) >= 11 is 1.47. The topological polar surface area (TPSA) is 72.2 Å². The number of aryl methyl sites for hydroxylation is 2. The minimum Gasteiger partial charge on any atom is -0.349 e. The second kappa shape index (κ2) is 7.23. The summed E-state index contributed by atoms with van der Waals surface area (Å²) in [5, 5.41) is 8.15. The summed E-state index contributed by atoms with van der Waals surface area (Å²) < 4.78 is 1.71. The summed E-state index contributed by atoms with van der Waals surface area (Å²) in [5.41, 5.74) is 3.69. The molecule has 1 amide bonds. The molecule has 2 aromatic heterocycles. The molecule has 6 nitrogen and oxygen atoms in total. The van der Waals surface area contributed by atoms with E-state index in [0.717, 1.165) is 22.5 Å². The normalized spacial score (nSPS) is 12.3. The van der Waals surface area contributed by atoms with E-state index >= 15 is 0 Å². The first-order chi connectivity index (χ1) is 12.0. The lowest BCUT2D eigenvalue weighted by Crippen LogP contribution is -2.29. The van der Waals surface area contributed by atoms with E-state index in [-0.39, 0.29) is 18.4 Å². The zero-order valence-electron chi connectivity index (χ0n) is 14.8. The molecule has 0 saturated heterocycles. The number of rotatable bonds is 5. The average Bonchev–Trinajstić information content (AvgIpc) is 3.02. The number of nitrogens with one attached hydrogen (secondary N) is 1. The number of benzene rings is 1. The monoisotopic (exact) mass is 355 g/mol. The van der Waals surface area contributed by atoms with Crippen LogP contribution in [0.25, 0.3) is 5.78 Å². The van der Waals surface area contributed by atoms with Crippen molar-refractivity contribution in [3.05, 3.63) is 52.8 Å². The molecule has 0 aliphatic heterocycles. The van der Waals surface area contributed by atoms with Gasteiger partial charge in [0.1, 0.15) is 0 Å². The Morgan fingerprint density at radius 3 is 2.64 bits per heavy atom. The van der Waals surface area contributed by atoms with Crippen LogP contribution in [0.2, 0.25) is 0 Å². The lowest BCUT2D eigenvalue weighted by Gasteiger charge is -2.15. The van der Waals surface area contributed by atoms with Crippen LogP contribution in [0.1, 0.15) is 35.5 Å². The second-order valence-corrected chi connectivity index (χ2v) is 6.72. The molecule has 0 fully saturated rings. The van der Waals surface area contributed by atoms with Crippen LogP contribution in [0.5, 0.6) is 0 Å². The van der Waals surface area contributed by atoms with Crippen LogP contribution in [0, 0.1) is 13.8 Å². The number of hydrogen-bond acceptors (Lipinski definition) is 5. The summed E-state index contributed by atoms with van der Waals surface area (Å²) in [6, 6.07) is 9.88. The van der Waals surface area contributed by atoms with Crippen molar-refractivity contribution in [2.24, 2.45) is 0 Å². The number of amides is 1. The van der Waals surface area contributed by atoms with E-state index in [2.05, 4.69) is 20.4 Å². The quantitative estimate of drug-likeness (QED) is 0.713. The number of carbonyl (C=O) groups excluding carboxylic acids is 1. The molecular formula is C18H21N5OS. The molecule has 3 aromatic rings. The van der Waals surface area contributed by atoms with Crippen LogP contribution < -0.4 is 5.32 Å². The van der Waals surface area contributed by atoms with E-state index in [1.165, 1.54) is 11.8 Å². The Bertz CT molecular complexity index is 907. The molecule has 0 bridgehead atoms. The highest BCUT2D eigenvalue weighted by Gasteiger charge is 2.17. The molecule has 1 aromatic carbocycles. The van der Waals surface area contributed by atoms with Gasteiger partial charge in [-0.25, -0.2) is 9.50 Å². The van der Waals surface area contributed by atoms with Gasteiger partial charge < -0.3 is 5.32 Å². The molecule has 7 heteroatoms. The van der Waals surface area contributed by atoms with E-state index in [0.29, 0.717) is 10.9 Å². The van der Waals surface area contributed by atoms with E-state index in [4.69, 9.17) is 0 Å². The van der Waals surface area contributed by atoms with Crippen LogP contribution in [-0.4, -0.2) is 31.7 Å². The molecule has 1 N–H and O–H groups in total. The highest BCUT2D eigenvalue weighted by atomic mass is 32.2. The maximum absolute atomic E-state index is 12.5. The van der Waals surface area contributed by atoms with E-state index in [1.54, 1.807) is 4.52 Å². The predicted octanol–water partition coefficient (Wildman–Crippen LogP) is 2.88. The van der Waals surface area contributed by atoms with Gasteiger partial charge in [0, 0.05) is 17.0 Å². The van der Waals surface area contributed by atoms with Crippen LogP contribution in [0.4, 0.5) is 0 Å².